The monoisotopic (exact) mass is 274 g/mol. The van der Waals surface area contributed by atoms with Gasteiger partial charge in [0.2, 0.25) is 5.91 Å². The molecule has 0 saturated heterocycles. The van der Waals surface area contributed by atoms with Crippen molar-refractivity contribution in [1.29, 1.82) is 0 Å². The number of amides is 1. The van der Waals surface area contributed by atoms with Crippen LogP contribution < -0.4 is 11.1 Å². The molecule has 2 aliphatic carbocycles. The zero-order valence-electron chi connectivity index (χ0n) is 11.2. The normalized spacial score (nSPS) is 22.1. The van der Waals surface area contributed by atoms with Crippen molar-refractivity contribution < 1.29 is 4.79 Å². The van der Waals surface area contributed by atoms with E-state index >= 15 is 0 Å². The molecular weight excluding hydrogens is 248 g/mol. The van der Waals surface area contributed by atoms with Gasteiger partial charge >= 0.3 is 0 Å². The zero-order chi connectivity index (χ0) is 12.1. The van der Waals surface area contributed by atoms with Gasteiger partial charge in [0.1, 0.15) is 0 Å². The third-order valence-corrected chi connectivity index (χ3v) is 4.45. The first-order valence-corrected chi connectivity index (χ1v) is 7.21. The summed E-state index contributed by atoms with van der Waals surface area (Å²) in [5.74, 6) is 1.12. The van der Waals surface area contributed by atoms with Crippen LogP contribution in [0.1, 0.15) is 57.8 Å². The van der Waals surface area contributed by atoms with E-state index in [2.05, 4.69) is 5.32 Å². The third kappa shape index (κ3) is 4.77. The van der Waals surface area contributed by atoms with Gasteiger partial charge in [-0.2, -0.15) is 0 Å². The van der Waals surface area contributed by atoms with E-state index in [1.165, 1.54) is 38.5 Å². The van der Waals surface area contributed by atoms with Crippen molar-refractivity contribution >= 4 is 18.3 Å². The molecule has 1 amide bonds. The number of carbonyl (C=O) groups is 1. The SMILES string of the molecule is Cl.NCC1(CC(=O)NCCC2CC2)CCCCC1. The van der Waals surface area contributed by atoms with Crippen LogP contribution in [0.15, 0.2) is 0 Å². The van der Waals surface area contributed by atoms with Crippen molar-refractivity contribution in [3.8, 4) is 0 Å². The predicted octanol–water partition coefficient (Wildman–Crippen LogP) is 2.62. The number of halogens is 1. The van der Waals surface area contributed by atoms with Crippen molar-refractivity contribution in [2.24, 2.45) is 17.1 Å². The molecular formula is C14H27ClN2O. The second kappa shape index (κ2) is 7.34. The molecule has 0 spiro atoms. The molecule has 2 fully saturated rings. The first-order valence-electron chi connectivity index (χ1n) is 7.21. The van der Waals surface area contributed by atoms with Gasteiger partial charge in [-0.1, -0.05) is 32.1 Å². The molecule has 106 valence electrons. The predicted molar refractivity (Wildman–Crippen MR) is 76.8 cm³/mol. The molecule has 2 aliphatic rings. The Bertz CT molecular complexity index is 261. The molecule has 0 atom stereocenters. The average Bonchev–Trinajstić information content (AvgIpc) is 3.14. The third-order valence-electron chi connectivity index (χ3n) is 4.45. The summed E-state index contributed by atoms with van der Waals surface area (Å²) in [6, 6.07) is 0. The fraction of sp³-hybridized carbons (Fsp3) is 0.929. The molecule has 0 unspecified atom stereocenters. The van der Waals surface area contributed by atoms with E-state index < -0.39 is 0 Å². The summed E-state index contributed by atoms with van der Waals surface area (Å²) < 4.78 is 0. The van der Waals surface area contributed by atoms with Gasteiger partial charge in [-0.3, -0.25) is 4.79 Å². The first-order chi connectivity index (χ1) is 8.24. The summed E-state index contributed by atoms with van der Waals surface area (Å²) in [6.07, 6.45) is 10.6. The van der Waals surface area contributed by atoms with E-state index in [0.29, 0.717) is 13.0 Å². The Labute approximate surface area is 117 Å². The molecule has 3 nitrogen and oxygen atoms in total. The number of hydrogen-bond donors (Lipinski definition) is 2. The van der Waals surface area contributed by atoms with Gasteiger partial charge in [0.05, 0.1) is 0 Å². The lowest BCUT2D eigenvalue weighted by Crippen LogP contribution is -2.38. The Morgan fingerprint density at radius 3 is 2.44 bits per heavy atom. The fourth-order valence-corrected chi connectivity index (χ4v) is 2.98. The Morgan fingerprint density at radius 1 is 1.22 bits per heavy atom. The molecule has 0 radical (unpaired) electrons. The van der Waals surface area contributed by atoms with Crippen LogP contribution in [0, 0.1) is 11.3 Å². The van der Waals surface area contributed by atoms with Crippen molar-refractivity contribution in [1.82, 2.24) is 5.32 Å². The highest BCUT2D eigenvalue weighted by Gasteiger charge is 2.32. The highest BCUT2D eigenvalue weighted by molar-refractivity contribution is 5.85. The Hall–Kier alpha value is -0.280. The van der Waals surface area contributed by atoms with Gasteiger partial charge in [0.15, 0.2) is 0 Å². The highest BCUT2D eigenvalue weighted by atomic mass is 35.5. The van der Waals surface area contributed by atoms with Gasteiger partial charge in [0.25, 0.3) is 0 Å². The summed E-state index contributed by atoms with van der Waals surface area (Å²) in [7, 11) is 0. The topological polar surface area (TPSA) is 55.1 Å². The maximum absolute atomic E-state index is 11.9. The molecule has 2 rings (SSSR count). The van der Waals surface area contributed by atoms with Gasteiger partial charge < -0.3 is 11.1 Å². The standard InChI is InChI=1S/C14H26N2O.ClH/c15-11-14(7-2-1-3-8-14)10-13(17)16-9-6-12-4-5-12;/h12H,1-11,15H2,(H,16,17);1H. The molecule has 0 aliphatic heterocycles. The molecule has 18 heavy (non-hydrogen) atoms. The smallest absolute Gasteiger partial charge is 0.220 e. The van der Waals surface area contributed by atoms with E-state index in [-0.39, 0.29) is 23.7 Å². The summed E-state index contributed by atoms with van der Waals surface area (Å²) in [6.45, 7) is 1.53. The Morgan fingerprint density at radius 2 is 1.89 bits per heavy atom. The lowest BCUT2D eigenvalue weighted by molar-refractivity contribution is -0.123. The minimum Gasteiger partial charge on any atom is -0.356 e. The number of hydrogen-bond acceptors (Lipinski definition) is 2. The van der Waals surface area contributed by atoms with Crippen LogP contribution in [0.3, 0.4) is 0 Å². The molecule has 0 aromatic carbocycles. The van der Waals surface area contributed by atoms with Crippen molar-refractivity contribution in [3.05, 3.63) is 0 Å². The number of nitrogens with two attached hydrogens (primary N) is 1. The second-order valence-corrected chi connectivity index (χ2v) is 6.02. The summed E-state index contributed by atoms with van der Waals surface area (Å²) in [4.78, 5) is 11.9. The van der Waals surface area contributed by atoms with Crippen molar-refractivity contribution in [2.45, 2.75) is 57.8 Å². The van der Waals surface area contributed by atoms with Crippen LogP contribution in [0.2, 0.25) is 0 Å². The molecule has 3 N–H and O–H groups in total. The quantitative estimate of drug-likeness (QED) is 0.782. The van der Waals surface area contributed by atoms with Gasteiger partial charge in [0, 0.05) is 13.0 Å². The summed E-state index contributed by atoms with van der Waals surface area (Å²) >= 11 is 0. The molecule has 0 aromatic rings. The number of rotatable bonds is 6. The van der Waals surface area contributed by atoms with E-state index in [1.54, 1.807) is 0 Å². The molecule has 0 heterocycles. The van der Waals surface area contributed by atoms with Crippen molar-refractivity contribution in [3.63, 3.8) is 0 Å². The minimum absolute atomic E-state index is 0. The maximum atomic E-state index is 11.9. The fourth-order valence-electron chi connectivity index (χ4n) is 2.98. The van der Waals surface area contributed by atoms with Crippen LogP contribution in [0.5, 0.6) is 0 Å². The zero-order valence-corrected chi connectivity index (χ0v) is 12.1. The Kier molecular flexibility index (Phi) is 6.44. The lowest BCUT2D eigenvalue weighted by Gasteiger charge is -2.35. The van der Waals surface area contributed by atoms with E-state index in [4.69, 9.17) is 5.73 Å². The van der Waals surface area contributed by atoms with Crippen molar-refractivity contribution in [2.75, 3.05) is 13.1 Å². The van der Waals surface area contributed by atoms with Gasteiger partial charge in [-0.25, -0.2) is 0 Å². The summed E-state index contributed by atoms with van der Waals surface area (Å²) in [5.41, 5.74) is 6.01. The van der Waals surface area contributed by atoms with E-state index in [9.17, 15) is 4.79 Å². The molecule has 0 aromatic heterocycles. The van der Waals surface area contributed by atoms with Gasteiger partial charge in [-0.15, -0.1) is 12.4 Å². The second-order valence-electron chi connectivity index (χ2n) is 6.02. The van der Waals surface area contributed by atoms with Crippen LogP contribution in [0.25, 0.3) is 0 Å². The van der Waals surface area contributed by atoms with Crippen LogP contribution in [-0.4, -0.2) is 19.0 Å². The lowest BCUT2D eigenvalue weighted by atomic mass is 9.71. The van der Waals surface area contributed by atoms with Crippen LogP contribution >= 0.6 is 12.4 Å². The first kappa shape index (κ1) is 15.8. The van der Waals surface area contributed by atoms with E-state index in [1.807, 2.05) is 0 Å². The average molecular weight is 275 g/mol. The molecule has 4 heteroatoms. The summed E-state index contributed by atoms with van der Waals surface area (Å²) in [5, 5.41) is 3.07. The number of nitrogens with one attached hydrogen (secondary N) is 1. The highest BCUT2D eigenvalue weighted by Crippen LogP contribution is 2.38. The largest absolute Gasteiger partial charge is 0.356 e. The van der Waals surface area contributed by atoms with Crippen LogP contribution in [0.4, 0.5) is 0 Å². The molecule has 0 bridgehead atoms. The minimum atomic E-state index is 0. The van der Waals surface area contributed by atoms with E-state index in [0.717, 1.165) is 25.3 Å². The Balaban J connectivity index is 0.00000162. The molecule has 2 saturated carbocycles. The number of carbonyl (C=O) groups excluding carboxylic acids is 1. The maximum Gasteiger partial charge on any atom is 0.220 e. The van der Waals surface area contributed by atoms with Gasteiger partial charge in [-0.05, 0) is 37.1 Å². The van der Waals surface area contributed by atoms with Crippen LogP contribution in [-0.2, 0) is 4.79 Å².